The predicted octanol–water partition coefficient (Wildman–Crippen LogP) is 0.947. The largest absolute Gasteiger partial charge is 0.378 e. The lowest BCUT2D eigenvalue weighted by atomic mass is 9.95. The highest BCUT2D eigenvalue weighted by atomic mass is 16.5. The maximum absolute atomic E-state index is 13.1. The molecule has 0 N–H and O–H groups in total. The van der Waals surface area contributed by atoms with Gasteiger partial charge in [0.25, 0.3) is 5.91 Å². The average Bonchev–Trinajstić information content (AvgIpc) is 2.97. The summed E-state index contributed by atoms with van der Waals surface area (Å²) < 4.78 is 5.33. The summed E-state index contributed by atoms with van der Waals surface area (Å²) in [6.45, 7) is 8.34. The summed E-state index contributed by atoms with van der Waals surface area (Å²) in [7, 11) is 0. The van der Waals surface area contributed by atoms with Crippen LogP contribution in [0.2, 0.25) is 0 Å². The van der Waals surface area contributed by atoms with Crippen LogP contribution in [0.3, 0.4) is 0 Å². The summed E-state index contributed by atoms with van der Waals surface area (Å²) in [5.74, 6) is 0.495. The molecule has 0 unspecified atom stereocenters. The molecule has 2 amide bonds. The fourth-order valence-corrected chi connectivity index (χ4v) is 3.56. The monoisotopic (exact) mass is 332 g/mol. The molecule has 2 saturated heterocycles. The van der Waals surface area contributed by atoms with Crippen molar-refractivity contribution in [3.05, 3.63) is 23.3 Å². The molecule has 1 atom stereocenters. The Labute approximate surface area is 142 Å². The normalized spacial score (nSPS) is 24.3. The van der Waals surface area contributed by atoms with Gasteiger partial charge in [0.2, 0.25) is 5.91 Å². The minimum absolute atomic E-state index is 0.0160. The van der Waals surface area contributed by atoms with Crippen LogP contribution in [-0.2, 0) is 9.53 Å². The first-order chi connectivity index (χ1) is 11.4. The molecule has 7 nitrogen and oxygen atoms in total. The number of ether oxygens (including phenoxy) is 1. The minimum atomic E-state index is -0.800. The zero-order chi connectivity index (χ0) is 17.3. The van der Waals surface area contributed by atoms with Crippen LogP contribution in [0.5, 0.6) is 0 Å². The van der Waals surface area contributed by atoms with Gasteiger partial charge in [-0.3, -0.25) is 9.59 Å². The Kier molecular flexibility index (Phi) is 4.54. The lowest BCUT2D eigenvalue weighted by molar-refractivity contribution is -0.144. The van der Waals surface area contributed by atoms with Crippen LogP contribution >= 0.6 is 0 Å². The zero-order valence-corrected chi connectivity index (χ0v) is 14.5. The highest BCUT2D eigenvalue weighted by Gasteiger charge is 2.48. The van der Waals surface area contributed by atoms with Crippen LogP contribution in [0.4, 0.5) is 0 Å². The van der Waals surface area contributed by atoms with E-state index in [9.17, 15) is 9.59 Å². The minimum Gasteiger partial charge on any atom is -0.378 e. The third-order valence-corrected chi connectivity index (χ3v) is 4.98. The van der Waals surface area contributed by atoms with E-state index in [2.05, 4.69) is 9.97 Å². The van der Waals surface area contributed by atoms with Gasteiger partial charge in [0.1, 0.15) is 11.4 Å². The van der Waals surface area contributed by atoms with E-state index < -0.39 is 5.54 Å². The van der Waals surface area contributed by atoms with Crippen LogP contribution < -0.4 is 0 Å². The molecule has 3 rings (SSSR count). The van der Waals surface area contributed by atoms with E-state index in [-0.39, 0.29) is 11.8 Å². The molecule has 0 aromatic carbocycles. The second kappa shape index (κ2) is 6.47. The Balaban J connectivity index is 1.86. The summed E-state index contributed by atoms with van der Waals surface area (Å²) in [4.78, 5) is 38.0. The number of morpholine rings is 1. The zero-order valence-electron chi connectivity index (χ0n) is 14.5. The second-order valence-electron chi connectivity index (χ2n) is 6.66. The highest BCUT2D eigenvalue weighted by Crippen LogP contribution is 2.33. The van der Waals surface area contributed by atoms with Crippen molar-refractivity contribution in [1.82, 2.24) is 19.8 Å². The number of hydrogen-bond donors (Lipinski definition) is 0. The van der Waals surface area contributed by atoms with E-state index in [0.717, 1.165) is 6.42 Å². The van der Waals surface area contributed by atoms with E-state index in [1.807, 2.05) is 11.8 Å². The number of hydrogen-bond acceptors (Lipinski definition) is 5. The van der Waals surface area contributed by atoms with Crippen molar-refractivity contribution in [2.75, 3.05) is 32.8 Å². The molecule has 2 aliphatic heterocycles. The molecule has 130 valence electrons. The summed E-state index contributed by atoms with van der Waals surface area (Å²) >= 11 is 0. The maximum atomic E-state index is 13.1. The van der Waals surface area contributed by atoms with Crippen molar-refractivity contribution in [2.45, 2.75) is 39.2 Å². The third-order valence-electron chi connectivity index (χ3n) is 4.98. The average molecular weight is 332 g/mol. The third kappa shape index (κ3) is 2.88. The second-order valence-corrected chi connectivity index (χ2v) is 6.66. The maximum Gasteiger partial charge on any atom is 0.258 e. The van der Waals surface area contributed by atoms with Crippen LogP contribution in [0, 0.1) is 13.8 Å². The van der Waals surface area contributed by atoms with Gasteiger partial charge >= 0.3 is 0 Å². The van der Waals surface area contributed by atoms with Crippen molar-refractivity contribution in [1.29, 1.82) is 0 Å². The first kappa shape index (κ1) is 16.8. The highest BCUT2D eigenvalue weighted by molar-refractivity contribution is 6.00. The molecular weight excluding hydrogens is 308 g/mol. The quantitative estimate of drug-likeness (QED) is 0.806. The number of rotatable bonds is 2. The van der Waals surface area contributed by atoms with Gasteiger partial charge in [-0.05, 0) is 33.6 Å². The number of nitrogens with zero attached hydrogens (tertiary/aromatic N) is 4. The lowest BCUT2D eigenvalue weighted by Gasteiger charge is -2.39. The molecule has 3 heterocycles. The molecule has 1 aromatic rings. The van der Waals surface area contributed by atoms with Gasteiger partial charge in [-0.1, -0.05) is 0 Å². The molecule has 0 spiro atoms. The van der Waals surface area contributed by atoms with Crippen molar-refractivity contribution in [3.8, 4) is 0 Å². The topological polar surface area (TPSA) is 75.6 Å². The van der Waals surface area contributed by atoms with Crippen molar-refractivity contribution in [3.63, 3.8) is 0 Å². The lowest BCUT2D eigenvalue weighted by Crippen LogP contribution is -2.58. The Morgan fingerprint density at radius 1 is 1.21 bits per heavy atom. The van der Waals surface area contributed by atoms with E-state index in [4.69, 9.17) is 4.74 Å². The first-order valence-electron chi connectivity index (χ1n) is 8.43. The number of carbonyl (C=O) groups is 2. The number of carbonyl (C=O) groups excluding carboxylic acids is 2. The van der Waals surface area contributed by atoms with Gasteiger partial charge in [0.05, 0.1) is 24.5 Å². The molecule has 0 aliphatic carbocycles. The van der Waals surface area contributed by atoms with E-state index in [1.54, 1.807) is 24.9 Å². The molecule has 2 aliphatic rings. The SMILES string of the molecule is Cc1ncc(C(=O)N2CCC[C@@]2(C)C(=O)N2CCOCC2)c(C)n1. The predicted molar refractivity (Wildman–Crippen MR) is 87.6 cm³/mol. The van der Waals surface area contributed by atoms with Crippen LogP contribution in [-0.4, -0.2) is 70.0 Å². The van der Waals surface area contributed by atoms with Crippen LogP contribution in [0.1, 0.15) is 41.6 Å². The standard InChI is InChI=1S/C17H24N4O3/c1-12-14(11-18-13(2)19-12)15(22)21-6-4-5-17(21,3)16(23)20-7-9-24-10-8-20/h11H,4-10H2,1-3H3/t17-/m0/s1. The Morgan fingerprint density at radius 2 is 1.92 bits per heavy atom. The molecule has 24 heavy (non-hydrogen) atoms. The van der Waals surface area contributed by atoms with Gasteiger partial charge in [-0.25, -0.2) is 9.97 Å². The Hall–Kier alpha value is -2.02. The summed E-state index contributed by atoms with van der Waals surface area (Å²) in [6, 6.07) is 0. The van der Waals surface area contributed by atoms with Gasteiger partial charge in [0, 0.05) is 25.8 Å². The van der Waals surface area contributed by atoms with Gasteiger partial charge < -0.3 is 14.5 Å². The number of likely N-dealkylation sites (tertiary alicyclic amines) is 1. The van der Waals surface area contributed by atoms with Crippen LogP contribution in [0.15, 0.2) is 6.20 Å². The van der Waals surface area contributed by atoms with Crippen molar-refractivity contribution < 1.29 is 14.3 Å². The molecular formula is C17H24N4O3. The fraction of sp³-hybridized carbons (Fsp3) is 0.647. The van der Waals surface area contributed by atoms with Crippen molar-refractivity contribution >= 4 is 11.8 Å². The smallest absolute Gasteiger partial charge is 0.258 e. The van der Waals surface area contributed by atoms with Gasteiger partial charge in [-0.15, -0.1) is 0 Å². The van der Waals surface area contributed by atoms with Gasteiger partial charge in [0.15, 0.2) is 0 Å². The van der Waals surface area contributed by atoms with Gasteiger partial charge in [-0.2, -0.15) is 0 Å². The number of aryl methyl sites for hydroxylation is 2. The summed E-state index contributed by atoms with van der Waals surface area (Å²) in [6.07, 6.45) is 3.07. The molecule has 2 fully saturated rings. The number of aromatic nitrogens is 2. The van der Waals surface area contributed by atoms with E-state index in [1.165, 1.54) is 0 Å². The van der Waals surface area contributed by atoms with E-state index >= 15 is 0 Å². The first-order valence-corrected chi connectivity index (χ1v) is 8.43. The van der Waals surface area contributed by atoms with E-state index in [0.29, 0.717) is 56.4 Å². The summed E-state index contributed by atoms with van der Waals surface area (Å²) in [5, 5.41) is 0. The molecule has 7 heteroatoms. The molecule has 1 aromatic heterocycles. The fourth-order valence-electron chi connectivity index (χ4n) is 3.56. The molecule has 0 radical (unpaired) electrons. The van der Waals surface area contributed by atoms with Crippen LogP contribution in [0.25, 0.3) is 0 Å². The van der Waals surface area contributed by atoms with Crippen molar-refractivity contribution in [2.24, 2.45) is 0 Å². The molecule has 0 saturated carbocycles. The Morgan fingerprint density at radius 3 is 2.58 bits per heavy atom. The molecule has 0 bridgehead atoms. The number of amides is 2. The Bertz CT molecular complexity index is 657. The summed E-state index contributed by atoms with van der Waals surface area (Å²) in [5.41, 5.74) is 0.329.